The number of allylic oxidation sites excluding steroid dienone is 3. The number of fused-ring (bicyclic) bond motifs is 1. The largest absolute Gasteiger partial charge is 0.476 e. The molecule has 0 amide bonds. The number of carboxylic acids is 1. The first-order valence-electron chi connectivity index (χ1n) is 7.55. The molecule has 0 unspecified atom stereocenters. The van der Waals surface area contributed by atoms with Gasteiger partial charge in [0, 0.05) is 11.3 Å². The van der Waals surface area contributed by atoms with Crippen LogP contribution in [0, 0.1) is 0 Å². The molecule has 0 saturated heterocycles. The van der Waals surface area contributed by atoms with Crippen LogP contribution < -0.4 is 0 Å². The van der Waals surface area contributed by atoms with Gasteiger partial charge in [-0.1, -0.05) is 18.7 Å². The van der Waals surface area contributed by atoms with E-state index in [1.54, 1.807) is 12.1 Å². The fourth-order valence-electron chi connectivity index (χ4n) is 2.31. The third-order valence-corrected chi connectivity index (χ3v) is 3.66. The summed E-state index contributed by atoms with van der Waals surface area (Å²) >= 11 is 0. The summed E-state index contributed by atoms with van der Waals surface area (Å²) in [6, 6.07) is 6.90. The lowest BCUT2D eigenvalue weighted by molar-refractivity contribution is 0.0690. The van der Waals surface area contributed by atoms with Crippen LogP contribution in [-0.4, -0.2) is 31.7 Å². The van der Waals surface area contributed by atoms with Crippen LogP contribution in [0.4, 0.5) is 0 Å². The number of oxazole rings is 1. The smallest absolute Gasteiger partial charge is 0.356 e. The van der Waals surface area contributed by atoms with E-state index in [0.29, 0.717) is 17.1 Å². The quantitative estimate of drug-likeness (QED) is 0.578. The van der Waals surface area contributed by atoms with Gasteiger partial charge in [0.2, 0.25) is 0 Å². The minimum atomic E-state index is -1.12. The molecule has 1 N–H and O–H groups in total. The van der Waals surface area contributed by atoms with Crippen LogP contribution in [0.25, 0.3) is 22.4 Å². The van der Waals surface area contributed by atoms with E-state index in [-0.39, 0.29) is 5.69 Å². The number of aromatic carboxylic acids is 1. The van der Waals surface area contributed by atoms with Crippen LogP contribution in [0.1, 0.15) is 24.3 Å². The second-order valence-electron chi connectivity index (χ2n) is 5.27. The van der Waals surface area contributed by atoms with Crippen molar-refractivity contribution in [2.24, 2.45) is 4.99 Å². The highest BCUT2D eigenvalue weighted by atomic mass is 16.4. The summed E-state index contributed by atoms with van der Waals surface area (Å²) in [6.07, 6.45) is 4.73. The van der Waals surface area contributed by atoms with Crippen molar-refractivity contribution in [1.82, 2.24) is 14.8 Å². The van der Waals surface area contributed by atoms with E-state index < -0.39 is 5.97 Å². The molecule has 7 nitrogen and oxygen atoms in total. The first-order chi connectivity index (χ1) is 12.0. The molecule has 25 heavy (non-hydrogen) atoms. The lowest BCUT2D eigenvalue weighted by Crippen LogP contribution is -2.13. The first-order valence-corrected chi connectivity index (χ1v) is 7.55. The molecule has 0 aliphatic rings. The van der Waals surface area contributed by atoms with Gasteiger partial charge in [0.15, 0.2) is 23.5 Å². The van der Waals surface area contributed by atoms with E-state index >= 15 is 0 Å². The highest BCUT2D eigenvalue weighted by Gasteiger charge is 2.18. The number of hydrogen-bond donors (Lipinski definition) is 1. The predicted octanol–water partition coefficient (Wildman–Crippen LogP) is 3.75. The molecule has 0 aliphatic carbocycles. The molecule has 0 fully saturated rings. The number of aliphatic imine (C=N–C) groups is 1. The zero-order valence-electron chi connectivity index (χ0n) is 13.8. The van der Waals surface area contributed by atoms with Crippen LogP contribution in [0.2, 0.25) is 0 Å². The van der Waals surface area contributed by atoms with Crippen molar-refractivity contribution < 1.29 is 14.3 Å². The van der Waals surface area contributed by atoms with Gasteiger partial charge in [-0.3, -0.25) is 0 Å². The molecule has 0 atom stereocenters. The molecular weight excluding hydrogens is 320 g/mol. The first kappa shape index (κ1) is 16.4. The second kappa shape index (κ2) is 6.56. The Kier molecular flexibility index (Phi) is 4.30. The monoisotopic (exact) mass is 336 g/mol. The van der Waals surface area contributed by atoms with Gasteiger partial charge in [-0.2, -0.15) is 5.10 Å². The summed E-state index contributed by atoms with van der Waals surface area (Å²) in [5.74, 6) is -0.692. The second-order valence-corrected chi connectivity index (χ2v) is 5.27. The van der Waals surface area contributed by atoms with Gasteiger partial charge >= 0.3 is 5.97 Å². The van der Waals surface area contributed by atoms with Gasteiger partial charge in [-0.25, -0.2) is 19.5 Å². The van der Waals surface area contributed by atoms with Crippen molar-refractivity contribution in [2.45, 2.75) is 13.8 Å². The Hall–Kier alpha value is -3.48. The topological polar surface area (TPSA) is 93.5 Å². The molecule has 0 aliphatic heterocycles. The number of carbonyl (C=O) groups is 1. The zero-order valence-corrected chi connectivity index (χ0v) is 13.8. The standard InChI is InChI=1S/C18H16N4O3/c1-4-11(3)20-17(5-2)22-15(9-14(21-22)18(23)24)12-6-7-13-16(8-12)25-10-19-13/h4-10H,2H2,1,3H3,(H,23,24)/b11-4-,20-17?. The van der Waals surface area contributed by atoms with Crippen molar-refractivity contribution in [3.63, 3.8) is 0 Å². The van der Waals surface area contributed by atoms with E-state index in [1.165, 1.54) is 23.2 Å². The van der Waals surface area contributed by atoms with Gasteiger partial charge in [0.1, 0.15) is 5.52 Å². The minimum absolute atomic E-state index is 0.0830. The molecular formula is C18H16N4O3. The summed E-state index contributed by atoms with van der Waals surface area (Å²) in [7, 11) is 0. The Balaban J connectivity index is 2.22. The van der Waals surface area contributed by atoms with E-state index in [1.807, 2.05) is 26.0 Å². The maximum atomic E-state index is 11.4. The van der Waals surface area contributed by atoms with Crippen LogP contribution in [0.3, 0.4) is 0 Å². The summed E-state index contributed by atoms with van der Waals surface area (Å²) in [4.78, 5) is 19.9. The lowest BCUT2D eigenvalue weighted by atomic mass is 10.1. The van der Waals surface area contributed by atoms with Gasteiger partial charge < -0.3 is 9.52 Å². The maximum absolute atomic E-state index is 11.4. The molecule has 1 aromatic carbocycles. The van der Waals surface area contributed by atoms with E-state index in [4.69, 9.17) is 4.42 Å². The molecule has 0 saturated carbocycles. The predicted molar refractivity (Wildman–Crippen MR) is 94.7 cm³/mol. The van der Waals surface area contributed by atoms with Crippen LogP contribution in [0.15, 0.2) is 64.5 Å². The average Bonchev–Trinajstić information content (AvgIpc) is 3.25. The average molecular weight is 336 g/mol. The normalized spacial score (nSPS) is 12.6. The summed E-state index contributed by atoms with van der Waals surface area (Å²) in [5, 5.41) is 13.5. The molecule has 3 aromatic rings. The summed E-state index contributed by atoms with van der Waals surface area (Å²) < 4.78 is 6.79. The fraction of sp³-hybridized carbons (Fsp3) is 0.111. The van der Waals surface area contributed by atoms with Crippen LogP contribution in [-0.2, 0) is 0 Å². The van der Waals surface area contributed by atoms with Gasteiger partial charge in [-0.15, -0.1) is 0 Å². The minimum Gasteiger partial charge on any atom is -0.476 e. The Morgan fingerprint density at radius 2 is 2.20 bits per heavy atom. The Morgan fingerprint density at radius 3 is 2.88 bits per heavy atom. The van der Waals surface area contributed by atoms with Gasteiger partial charge in [0.25, 0.3) is 0 Å². The Labute approximate surface area is 143 Å². The SMILES string of the molecule is C=CC(=N/C(C)=C\C)n1nc(C(=O)O)cc1-c1ccc2ncoc2c1. The number of carboxylic acid groups (broad SMARTS) is 1. The Bertz CT molecular complexity index is 1020. The van der Waals surface area contributed by atoms with Crippen molar-refractivity contribution in [3.8, 4) is 11.3 Å². The lowest BCUT2D eigenvalue weighted by Gasteiger charge is -2.07. The van der Waals surface area contributed by atoms with E-state index in [9.17, 15) is 9.90 Å². The zero-order chi connectivity index (χ0) is 18.0. The van der Waals surface area contributed by atoms with Crippen LogP contribution in [0.5, 0.6) is 0 Å². The number of rotatable bonds is 4. The molecule has 2 aromatic heterocycles. The van der Waals surface area contributed by atoms with Crippen molar-refractivity contribution >= 4 is 22.9 Å². The van der Waals surface area contributed by atoms with Gasteiger partial charge in [0.05, 0.1) is 5.69 Å². The molecule has 0 bridgehead atoms. The maximum Gasteiger partial charge on any atom is 0.356 e. The number of hydrogen-bond acceptors (Lipinski definition) is 5. The third-order valence-electron chi connectivity index (χ3n) is 3.66. The molecule has 3 rings (SSSR count). The van der Waals surface area contributed by atoms with Crippen molar-refractivity contribution in [3.05, 3.63) is 60.8 Å². The van der Waals surface area contributed by atoms with E-state index in [0.717, 1.165) is 16.8 Å². The summed E-state index contributed by atoms with van der Waals surface area (Å²) in [6.45, 7) is 7.46. The molecule has 0 radical (unpaired) electrons. The fourth-order valence-corrected chi connectivity index (χ4v) is 2.31. The summed E-state index contributed by atoms with van der Waals surface area (Å²) in [5.41, 5.74) is 3.30. The van der Waals surface area contributed by atoms with Crippen molar-refractivity contribution in [2.75, 3.05) is 0 Å². The molecule has 0 spiro atoms. The molecule has 2 heterocycles. The number of nitrogens with zero attached hydrogens (tertiary/aromatic N) is 4. The Morgan fingerprint density at radius 1 is 1.40 bits per heavy atom. The number of aromatic nitrogens is 3. The highest BCUT2D eigenvalue weighted by Crippen LogP contribution is 2.25. The van der Waals surface area contributed by atoms with Crippen molar-refractivity contribution in [1.29, 1.82) is 0 Å². The number of benzene rings is 1. The highest BCUT2D eigenvalue weighted by molar-refractivity contribution is 5.99. The van der Waals surface area contributed by atoms with Crippen LogP contribution >= 0.6 is 0 Å². The van der Waals surface area contributed by atoms with E-state index in [2.05, 4.69) is 21.7 Å². The molecule has 126 valence electrons. The van der Waals surface area contributed by atoms with Gasteiger partial charge in [-0.05, 0) is 38.1 Å². The third kappa shape index (κ3) is 3.12. The molecule has 7 heteroatoms.